The van der Waals surface area contributed by atoms with Gasteiger partial charge in [0.2, 0.25) is 0 Å². The van der Waals surface area contributed by atoms with Crippen molar-refractivity contribution in [3.05, 3.63) is 70.3 Å². The van der Waals surface area contributed by atoms with E-state index in [0.29, 0.717) is 47.0 Å². The topological polar surface area (TPSA) is 101 Å². The predicted octanol–water partition coefficient (Wildman–Crippen LogP) is 6.24. The van der Waals surface area contributed by atoms with Gasteiger partial charge in [-0.2, -0.15) is 0 Å². The fraction of sp³-hybridized carbons (Fsp3) is 0.424. The first-order chi connectivity index (χ1) is 19.9. The van der Waals surface area contributed by atoms with Crippen molar-refractivity contribution >= 4 is 27.8 Å². The molecule has 9 nitrogen and oxygen atoms in total. The summed E-state index contributed by atoms with van der Waals surface area (Å²) in [5.74, 6) is 1.96. The molecule has 0 aliphatic rings. The number of nitrogens with one attached hydrogen (secondary N) is 1. The summed E-state index contributed by atoms with van der Waals surface area (Å²) in [5.41, 5.74) is 1.42. The van der Waals surface area contributed by atoms with Crippen LogP contribution >= 0.6 is 0 Å². The van der Waals surface area contributed by atoms with Gasteiger partial charge in [-0.15, -0.1) is 0 Å². The van der Waals surface area contributed by atoms with Crippen molar-refractivity contribution in [1.29, 1.82) is 0 Å². The van der Waals surface area contributed by atoms with Gasteiger partial charge in [0, 0.05) is 17.0 Å². The maximum absolute atomic E-state index is 14.0. The van der Waals surface area contributed by atoms with Crippen LogP contribution in [-0.4, -0.2) is 48.1 Å². The molecule has 0 unspecified atom stereocenters. The van der Waals surface area contributed by atoms with Crippen molar-refractivity contribution in [2.24, 2.45) is 5.92 Å². The molecule has 2 heterocycles. The summed E-state index contributed by atoms with van der Waals surface area (Å²) in [6.45, 7) is 12.0. The number of aryl methyl sites for hydroxylation is 1. The molecule has 9 heteroatoms. The van der Waals surface area contributed by atoms with Crippen LogP contribution in [0.4, 0.5) is 4.79 Å². The van der Waals surface area contributed by atoms with Crippen LogP contribution in [0, 0.1) is 12.8 Å². The predicted molar refractivity (Wildman–Crippen MR) is 165 cm³/mol. The first-order valence-electron chi connectivity index (χ1n) is 14.2. The third kappa shape index (κ3) is 6.95. The third-order valence-corrected chi connectivity index (χ3v) is 6.88. The normalized spacial score (nSPS) is 12.4. The summed E-state index contributed by atoms with van der Waals surface area (Å²) in [7, 11) is 3.18. The molecule has 4 rings (SSSR count). The summed E-state index contributed by atoms with van der Waals surface area (Å²) >= 11 is 0. The molecule has 0 spiro atoms. The second-order valence-corrected chi connectivity index (χ2v) is 11.8. The zero-order valence-corrected chi connectivity index (χ0v) is 25.7. The number of hydrogen-bond donors (Lipinski definition) is 1. The lowest BCUT2D eigenvalue weighted by molar-refractivity contribution is 0.0480. The van der Waals surface area contributed by atoms with Crippen molar-refractivity contribution in [2.75, 3.05) is 20.8 Å². The Morgan fingerprint density at radius 2 is 1.71 bits per heavy atom. The Morgan fingerprint density at radius 3 is 2.33 bits per heavy atom. The number of rotatable bonds is 10. The molecule has 4 aromatic rings. The lowest BCUT2D eigenvalue weighted by Crippen LogP contribution is -2.42. The second kappa shape index (κ2) is 12.7. The van der Waals surface area contributed by atoms with Gasteiger partial charge in [0.1, 0.15) is 18.0 Å². The van der Waals surface area contributed by atoms with E-state index in [-0.39, 0.29) is 18.2 Å². The van der Waals surface area contributed by atoms with E-state index in [0.717, 1.165) is 22.1 Å². The molecule has 0 saturated carbocycles. The highest BCUT2D eigenvalue weighted by molar-refractivity contribution is 6.08. The SMILES string of the molecule is COc1ccc(Cn2c(=O)c3c(C)nccc3c3ccc(OC[C@H](CC(C)C)NC(=O)OC(C)(C)C)c(OC)c32)cc1. The molecule has 2 aromatic carbocycles. The van der Waals surface area contributed by atoms with E-state index in [4.69, 9.17) is 18.9 Å². The van der Waals surface area contributed by atoms with E-state index in [1.807, 2.05) is 70.2 Å². The van der Waals surface area contributed by atoms with Crippen LogP contribution in [0.2, 0.25) is 0 Å². The van der Waals surface area contributed by atoms with Crippen LogP contribution in [0.3, 0.4) is 0 Å². The van der Waals surface area contributed by atoms with Crippen molar-refractivity contribution < 1.29 is 23.7 Å². The van der Waals surface area contributed by atoms with Crippen molar-refractivity contribution in [3.63, 3.8) is 0 Å². The monoisotopic (exact) mass is 575 g/mol. The second-order valence-electron chi connectivity index (χ2n) is 11.8. The number of hydrogen-bond acceptors (Lipinski definition) is 7. The van der Waals surface area contributed by atoms with E-state index in [1.54, 1.807) is 25.0 Å². The summed E-state index contributed by atoms with van der Waals surface area (Å²) in [6, 6.07) is 12.9. The number of aromatic nitrogens is 2. The maximum Gasteiger partial charge on any atom is 0.407 e. The molecule has 0 radical (unpaired) electrons. The Balaban J connectivity index is 1.80. The molecule has 0 fully saturated rings. The van der Waals surface area contributed by atoms with Gasteiger partial charge < -0.3 is 24.3 Å². The van der Waals surface area contributed by atoms with Crippen molar-refractivity contribution in [2.45, 2.75) is 66.2 Å². The van der Waals surface area contributed by atoms with Crippen LogP contribution in [0.25, 0.3) is 21.7 Å². The smallest absolute Gasteiger partial charge is 0.407 e. The van der Waals surface area contributed by atoms with Crippen LogP contribution in [0.5, 0.6) is 17.2 Å². The van der Waals surface area contributed by atoms with Gasteiger partial charge in [-0.1, -0.05) is 26.0 Å². The lowest BCUT2D eigenvalue weighted by Gasteiger charge is -2.25. The average molecular weight is 576 g/mol. The van der Waals surface area contributed by atoms with Gasteiger partial charge in [-0.3, -0.25) is 14.3 Å². The summed E-state index contributed by atoms with van der Waals surface area (Å²) in [4.78, 5) is 31.0. The zero-order valence-electron chi connectivity index (χ0n) is 25.7. The van der Waals surface area contributed by atoms with Gasteiger partial charge in [0.05, 0.1) is 43.4 Å². The largest absolute Gasteiger partial charge is 0.497 e. The van der Waals surface area contributed by atoms with E-state index in [9.17, 15) is 9.59 Å². The number of amides is 1. The van der Waals surface area contributed by atoms with Gasteiger partial charge >= 0.3 is 6.09 Å². The molecule has 1 N–H and O–H groups in total. The van der Waals surface area contributed by atoms with Crippen LogP contribution in [-0.2, 0) is 11.3 Å². The molecule has 0 bridgehead atoms. The molecular formula is C33H41N3O6. The number of pyridine rings is 2. The summed E-state index contributed by atoms with van der Waals surface area (Å²) in [6.07, 6.45) is 1.90. The highest BCUT2D eigenvalue weighted by Crippen LogP contribution is 2.38. The van der Waals surface area contributed by atoms with Crippen LogP contribution < -0.4 is 25.1 Å². The molecule has 2 aromatic heterocycles. The number of carbonyl (C=O) groups is 1. The number of nitrogens with zero attached hydrogens (tertiary/aromatic N) is 2. The van der Waals surface area contributed by atoms with Crippen LogP contribution in [0.15, 0.2) is 53.5 Å². The molecule has 42 heavy (non-hydrogen) atoms. The summed E-state index contributed by atoms with van der Waals surface area (Å²) in [5, 5.41) is 5.15. The van der Waals surface area contributed by atoms with Crippen molar-refractivity contribution in [3.8, 4) is 17.2 Å². The molecule has 0 saturated heterocycles. The Hall–Kier alpha value is -4.27. The fourth-order valence-electron chi connectivity index (χ4n) is 5.11. The number of fused-ring (bicyclic) bond motifs is 3. The maximum atomic E-state index is 14.0. The average Bonchev–Trinajstić information content (AvgIpc) is 2.92. The molecule has 0 aliphatic carbocycles. The van der Waals surface area contributed by atoms with E-state index >= 15 is 0 Å². The first kappa shape index (κ1) is 30.7. The third-order valence-electron chi connectivity index (χ3n) is 6.88. The highest BCUT2D eigenvalue weighted by atomic mass is 16.6. The first-order valence-corrected chi connectivity index (χ1v) is 14.2. The molecule has 224 valence electrons. The molecular weight excluding hydrogens is 534 g/mol. The Morgan fingerprint density at radius 1 is 1.00 bits per heavy atom. The van der Waals surface area contributed by atoms with Gasteiger partial charge in [-0.05, 0) is 75.9 Å². The number of ether oxygens (including phenoxy) is 4. The molecule has 0 aliphatic heterocycles. The minimum Gasteiger partial charge on any atom is -0.497 e. The number of alkyl carbamates (subject to hydrolysis) is 1. The number of carbonyl (C=O) groups excluding carboxylic acids is 1. The van der Waals surface area contributed by atoms with Gasteiger partial charge in [-0.25, -0.2) is 4.79 Å². The van der Waals surface area contributed by atoms with Gasteiger partial charge in [0.25, 0.3) is 5.56 Å². The number of methoxy groups -OCH3 is 2. The zero-order chi connectivity index (χ0) is 30.6. The minimum absolute atomic E-state index is 0.168. The molecule has 1 amide bonds. The fourth-order valence-corrected chi connectivity index (χ4v) is 5.11. The number of benzene rings is 2. The highest BCUT2D eigenvalue weighted by Gasteiger charge is 2.23. The van der Waals surface area contributed by atoms with Crippen LogP contribution in [0.1, 0.15) is 52.3 Å². The van der Waals surface area contributed by atoms with E-state index in [2.05, 4.69) is 24.1 Å². The lowest BCUT2D eigenvalue weighted by atomic mass is 10.0. The van der Waals surface area contributed by atoms with Gasteiger partial charge in [0.15, 0.2) is 11.5 Å². The standard InChI is InChI=1S/C33H41N3O6/c1-20(2)17-23(35-32(38)42-33(4,5)6)19-41-27-14-13-26-25-15-16-34-21(3)28(25)31(37)36(29(26)30(27)40-8)18-22-9-11-24(39-7)12-10-22/h9-16,20,23H,17-19H2,1-8H3,(H,35,38)/t23-/m0/s1. The Bertz CT molecular complexity index is 1620. The minimum atomic E-state index is -0.612. The van der Waals surface area contributed by atoms with E-state index < -0.39 is 11.7 Å². The Labute approximate surface area is 246 Å². The quantitative estimate of drug-likeness (QED) is 0.223. The van der Waals surface area contributed by atoms with Crippen molar-refractivity contribution in [1.82, 2.24) is 14.9 Å². The summed E-state index contributed by atoms with van der Waals surface area (Å²) < 4.78 is 24.7. The Kier molecular flexibility index (Phi) is 9.29. The van der Waals surface area contributed by atoms with E-state index in [1.165, 1.54) is 0 Å². The molecule has 1 atom stereocenters.